The number of carbonyl (C=O) groups is 2. The van der Waals surface area contributed by atoms with Crippen LogP contribution in [-0.4, -0.2) is 33.5 Å². The smallest absolute Gasteiger partial charge is 0.301 e. The minimum absolute atomic E-state index is 0.0745. The van der Waals surface area contributed by atoms with E-state index in [4.69, 9.17) is 16.3 Å². The van der Waals surface area contributed by atoms with Gasteiger partial charge in [-0.3, -0.25) is 14.5 Å². The first-order valence-electron chi connectivity index (χ1n) is 9.34. The number of ether oxygens (including phenoxy) is 1. The molecule has 2 heterocycles. The number of ketones is 1. The van der Waals surface area contributed by atoms with Crippen LogP contribution in [0.5, 0.6) is 11.5 Å². The van der Waals surface area contributed by atoms with Gasteiger partial charge in [-0.05, 0) is 48.9 Å². The summed E-state index contributed by atoms with van der Waals surface area (Å²) in [6, 6.07) is 9.87. The first kappa shape index (κ1) is 20.9. The second-order valence-corrected chi connectivity index (χ2v) is 7.96. The van der Waals surface area contributed by atoms with Gasteiger partial charge in [-0.1, -0.05) is 17.7 Å². The molecule has 1 atom stereocenters. The van der Waals surface area contributed by atoms with Crippen molar-refractivity contribution in [3.8, 4) is 11.5 Å². The third-order valence-electron chi connectivity index (χ3n) is 4.79. The van der Waals surface area contributed by atoms with E-state index in [0.717, 1.165) is 0 Å². The predicted molar refractivity (Wildman–Crippen MR) is 118 cm³/mol. The number of thiazole rings is 1. The molecular weight excluding hydrogens is 440 g/mol. The first-order valence-corrected chi connectivity index (χ1v) is 10.6. The molecule has 3 aromatic rings. The number of nitrogens with zero attached hydrogens (tertiary/aromatic N) is 2. The molecule has 158 valence electrons. The van der Waals surface area contributed by atoms with Crippen LogP contribution < -0.4 is 9.64 Å². The molecule has 2 aromatic carbocycles. The summed E-state index contributed by atoms with van der Waals surface area (Å²) in [5.74, 6) is -1.84. The molecule has 1 amide bonds. The molecule has 1 aliphatic rings. The summed E-state index contributed by atoms with van der Waals surface area (Å²) in [6.45, 7) is 2.09. The molecule has 1 aromatic heterocycles. The van der Waals surface area contributed by atoms with Gasteiger partial charge >= 0.3 is 5.91 Å². The van der Waals surface area contributed by atoms with Gasteiger partial charge in [-0.25, -0.2) is 4.98 Å². The van der Waals surface area contributed by atoms with Gasteiger partial charge < -0.3 is 14.9 Å². The normalized spacial score (nSPS) is 17.9. The van der Waals surface area contributed by atoms with E-state index in [2.05, 4.69) is 4.98 Å². The standard InChI is InChI=1S/C22H17ClN2O5S/c1-2-30-16-11-13(5-8-15(16)26)18-17(19(27)12-3-6-14(23)7-4-12)20(28)21(29)25(18)22-24-9-10-31-22/h3-11,18,26-27H,2H2,1H3/b19-17+/t18-/m1/s1. The summed E-state index contributed by atoms with van der Waals surface area (Å²) in [6.07, 6.45) is 1.53. The molecule has 0 aliphatic carbocycles. The number of phenols is 1. The molecule has 0 spiro atoms. The number of anilines is 1. The second kappa shape index (κ2) is 8.41. The highest BCUT2D eigenvalue weighted by atomic mass is 35.5. The van der Waals surface area contributed by atoms with Gasteiger partial charge in [0.1, 0.15) is 5.76 Å². The fourth-order valence-corrected chi connectivity index (χ4v) is 4.21. The number of aromatic nitrogens is 1. The van der Waals surface area contributed by atoms with E-state index < -0.39 is 17.7 Å². The van der Waals surface area contributed by atoms with Crippen molar-refractivity contribution in [3.05, 3.63) is 75.8 Å². The second-order valence-electron chi connectivity index (χ2n) is 6.65. The zero-order valence-electron chi connectivity index (χ0n) is 16.3. The summed E-state index contributed by atoms with van der Waals surface area (Å²) in [4.78, 5) is 31.4. The molecule has 1 saturated heterocycles. The molecule has 4 rings (SSSR count). The van der Waals surface area contributed by atoms with Crippen LogP contribution in [0.4, 0.5) is 5.13 Å². The van der Waals surface area contributed by atoms with Gasteiger partial charge in [0.2, 0.25) is 0 Å². The van der Waals surface area contributed by atoms with Crippen LogP contribution in [0.25, 0.3) is 5.76 Å². The number of Topliss-reactive ketones (excluding diaryl/α,β-unsaturated/α-hetero) is 1. The minimum atomic E-state index is -0.957. The average molecular weight is 457 g/mol. The van der Waals surface area contributed by atoms with E-state index in [1.165, 1.54) is 28.5 Å². The number of phenolic OH excluding ortho intramolecular Hbond substituents is 1. The lowest BCUT2D eigenvalue weighted by Gasteiger charge is -2.23. The Balaban J connectivity index is 1.94. The van der Waals surface area contributed by atoms with Gasteiger partial charge in [0.15, 0.2) is 16.6 Å². The molecule has 31 heavy (non-hydrogen) atoms. The number of benzene rings is 2. The van der Waals surface area contributed by atoms with E-state index in [0.29, 0.717) is 27.9 Å². The number of hydrogen-bond donors (Lipinski definition) is 2. The lowest BCUT2D eigenvalue weighted by Crippen LogP contribution is -2.29. The van der Waals surface area contributed by atoms with Gasteiger partial charge in [0, 0.05) is 22.2 Å². The zero-order chi connectivity index (χ0) is 22.1. The number of aromatic hydroxyl groups is 1. The van der Waals surface area contributed by atoms with Gasteiger partial charge in [-0.15, -0.1) is 11.3 Å². The van der Waals surface area contributed by atoms with Crippen molar-refractivity contribution in [1.29, 1.82) is 0 Å². The number of rotatable bonds is 5. The van der Waals surface area contributed by atoms with Gasteiger partial charge in [0.05, 0.1) is 18.2 Å². The highest BCUT2D eigenvalue weighted by Gasteiger charge is 2.48. The van der Waals surface area contributed by atoms with Crippen molar-refractivity contribution in [3.63, 3.8) is 0 Å². The highest BCUT2D eigenvalue weighted by molar-refractivity contribution is 7.14. The Kier molecular flexibility index (Phi) is 5.67. The lowest BCUT2D eigenvalue weighted by molar-refractivity contribution is -0.132. The topological polar surface area (TPSA) is 100.0 Å². The van der Waals surface area contributed by atoms with Crippen LogP contribution in [0.1, 0.15) is 24.1 Å². The van der Waals surface area contributed by atoms with Crippen molar-refractivity contribution in [2.24, 2.45) is 0 Å². The molecule has 2 N–H and O–H groups in total. The summed E-state index contributed by atoms with van der Waals surface area (Å²) in [7, 11) is 0. The van der Waals surface area contributed by atoms with Crippen LogP contribution in [0, 0.1) is 0 Å². The Morgan fingerprint density at radius 3 is 2.61 bits per heavy atom. The zero-order valence-corrected chi connectivity index (χ0v) is 17.9. The molecule has 0 bridgehead atoms. The maximum atomic E-state index is 13.0. The molecule has 9 heteroatoms. The van der Waals surface area contributed by atoms with Gasteiger partial charge in [-0.2, -0.15) is 0 Å². The number of aliphatic hydroxyl groups excluding tert-OH is 1. The van der Waals surface area contributed by atoms with E-state index in [9.17, 15) is 19.8 Å². The van der Waals surface area contributed by atoms with Crippen molar-refractivity contribution in [2.75, 3.05) is 11.5 Å². The lowest BCUT2D eigenvalue weighted by atomic mass is 9.95. The Hall–Kier alpha value is -3.36. The number of carbonyl (C=O) groups excluding carboxylic acids is 2. The largest absolute Gasteiger partial charge is 0.507 e. The van der Waals surface area contributed by atoms with Crippen LogP contribution in [-0.2, 0) is 9.59 Å². The van der Waals surface area contributed by atoms with Gasteiger partial charge in [0.25, 0.3) is 5.78 Å². The van der Waals surface area contributed by atoms with Crippen molar-refractivity contribution >= 4 is 45.5 Å². The van der Waals surface area contributed by atoms with Crippen molar-refractivity contribution < 1.29 is 24.5 Å². The molecular formula is C22H17ClN2O5S. The monoisotopic (exact) mass is 456 g/mol. The minimum Gasteiger partial charge on any atom is -0.507 e. The third-order valence-corrected chi connectivity index (χ3v) is 5.81. The molecule has 7 nitrogen and oxygen atoms in total. The maximum Gasteiger partial charge on any atom is 0.301 e. The van der Waals surface area contributed by atoms with Crippen LogP contribution in [0.15, 0.2) is 59.6 Å². The maximum absolute atomic E-state index is 13.0. The molecule has 1 aliphatic heterocycles. The van der Waals surface area contributed by atoms with E-state index in [1.807, 2.05) is 0 Å². The first-order chi connectivity index (χ1) is 14.9. The SMILES string of the molecule is CCOc1cc([C@@H]2/C(=C(\O)c3ccc(Cl)cc3)C(=O)C(=O)N2c2nccs2)ccc1O. The highest BCUT2D eigenvalue weighted by Crippen LogP contribution is 2.44. The number of aliphatic hydroxyl groups is 1. The summed E-state index contributed by atoms with van der Waals surface area (Å²) in [5, 5.41) is 23.6. The number of halogens is 1. The van der Waals surface area contributed by atoms with Crippen molar-refractivity contribution in [1.82, 2.24) is 4.98 Å². The quantitative estimate of drug-likeness (QED) is 0.332. The fourth-order valence-electron chi connectivity index (χ4n) is 3.42. The van der Waals surface area contributed by atoms with Crippen LogP contribution in [0.2, 0.25) is 5.02 Å². The molecule has 0 radical (unpaired) electrons. The fraction of sp³-hybridized carbons (Fsp3) is 0.136. The Labute approximate surface area is 186 Å². The third kappa shape index (κ3) is 3.75. The molecule has 1 fully saturated rings. The number of hydrogen-bond acceptors (Lipinski definition) is 7. The molecule has 0 unspecified atom stereocenters. The van der Waals surface area contributed by atoms with Crippen LogP contribution >= 0.6 is 22.9 Å². The average Bonchev–Trinajstić information content (AvgIpc) is 3.37. The van der Waals surface area contributed by atoms with E-state index in [1.54, 1.807) is 48.7 Å². The summed E-state index contributed by atoms with van der Waals surface area (Å²) in [5.41, 5.74) is 0.733. The predicted octanol–water partition coefficient (Wildman–Crippen LogP) is 4.53. The van der Waals surface area contributed by atoms with E-state index >= 15 is 0 Å². The Morgan fingerprint density at radius 1 is 1.23 bits per heavy atom. The number of amides is 1. The van der Waals surface area contributed by atoms with Crippen molar-refractivity contribution in [2.45, 2.75) is 13.0 Å². The van der Waals surface area contributed by atoms with E-state index in [-0.39, 0.29) is 22.8 Å². The summed E-state index contributed by atoms with van der Waals surface area (Å²) >= 11 is 7.13. The Bertz CT molecular complexity index is 1180. The summed E-state index contributed by atoms with van der Waals surface area (Å²) < 4.78 is 5.47. The molecule has 0 saturated carbocycles. The van der Waals surface area contributed by atoms with Crippen LogP contribution in [0.3, 0.4) is 0 Å². The Morgan fingerprint density at radius 2 is 1.97 bits per heavy atom.